The van der Waals surface area contributed by atoms with Crippen LogP contribution in [0.4, 0.5) is 0 Å². The second-order valence-corrected chi connectivity index (χ2v) is 5.39. The fraction of sp³-hybridized carbons (Fsp3) is 0.429. The van der Waals surface area contributed by atoms with Crippen LogP contribution in [0.5, 0.6) is 0 Å². The van der Waals surface area contributed by atoms with Crippen LogP contribution in [0.2, 0.25) is 5.02 Å². The summed E-state index contributed by atoms with van der Waals surface area (Å²) in [6.07, 6.45) is 0. The van der Waals surface area contributed by atoms with E-state index in [0.717, 1.165) is 24.7 Å². The molecule has 2 nitrogen and oxygen atoms in total. The van der Waals surface area contributed by atoms with E-state index in [1.165, 1.54) is 22.2 Å². The van der Waals surface area contributed by atoms with E-state index in [1.54, 1.807) is 0 Å². The minimum Gasteiger partial charge on any atom is -0.341 e. The number of benzene rings is 1. The highest BCUT2D eigenvalue weighted by atomic mass is 35.5. The minimum atomic E-state index is 0.534. The van der Waals surface area contributed by atoms with Gasteiger partial charge in [0.05, 0.1) is 10.5 Å². The van der Waals surface area contributed by atoms with Crippen LogP contribution in [0.15, 0.2) is 18.2 Å². The van der Waals surface area contributed by atoms with E-state index in [9.17, 15) is 0 Å². The molecule has 0 bridgehead atoms. The molecular weight excluding hydrogens is 232 g/mol. The van der Waals surface area contributed by atoms with Gasteiger partial charge in [0.25, 0.3) is 0 Å². The van der Waals surface area contributed by atoms with Gasteiger partial charge in [-0.3, -0.25) is 0 Å². The average Bonchev–Trinajstić information content (AvgIpc) is 2.64. The van der Waals surface area contributed by atoms with Crippen molar-refractivity contribution in [2.45, 2.75) is 32.9 Å². The number of fused-ring (bicyclic) bond motifs is 3. The Hall–Kier alpha value is -0.990. The lowest BCUT2D eigenvalue weighted by Gasteiger charge is -2.19. The second-order valence-electron chi connectivity index (χ2n) is 4.98. The van der Waals surface area contributed by atoms with Gasteiger partial charge >= 0.3 is 0 Å². The van der Waals surface area contributed by atoms with Crippen LogP contribution in [0.25, 0.3) is 10.9 Å². The molecule has 2 aromatic rings. The van der Waals surface area contributed by atoms with E-state index in [4.69, 9.17) is 11.6 Å². The molecule has 3 heteroatoms. The smallest absolute Gasteiger partial charge is 0.0675 e. The maximum atomic E-state index is 6.37. The molecular formula is C14H17ClN2. The summed E-state index contributed by atoms with van der Waals surface area (Å²) in [6, 6.07) is 6.24. The summed E-state index contributed by atoms with van der Waals surface area (Å²) in [6.45, 7) is 7.51. The van der Waals surface area contributed by atoms with Gasteiger partial charge in [-0.15, -0.1) is 0 Å². The minimum absolute atomic E-state index is 0.534. The molecule has 1 aliphatic heterocycles. The van der Waals surface area contributed by atoms with Crippen molar-refractivity contribution in [3.8, 4) is 0 Å². The number of nitrogens with zero attached hydrogens (tertiary/aromatic N) is 1. The number of para-hydroxylation sites is 1. The Morgan fingerprint density at radius 3 is 2.94 bits per heavy atom. The third-order valence-electron chi connectivity index (χ3n) is 3.57. The quantitative estimate of drug-likeness (QED) is 0.817. The number of aromatic nitrogens is 1. The molecule has 0 saturated heterocycles. The summed E-state index contributed by atoms with van der Waals surface area (Å²) in [5, 5.41) is 5.65. The van der Waals surface area contributed by atoms with Gasteiger partial charge in [0, 0.05) is 30.7 Å². The summed E-state index contributed by atoms with van der Waals surface area (Å²) >= 11 is 6.37. The number of hydrogen-bond donors (Lipinski definition) is 1. The Bertz CT molecular complexity index is 569. The predicted octanol–water partition coefficient (Wildman–Crippen LogP) is 3.52. The standard InChI is InChI=1S/C14H17ClN2/c1-9(2)13-10-4-3-5-11(15)14(10)17-7-6-16-8-12(13)17/h3-5,9,16H,6-8H2,1-2H3. The average molecular weight is 249 g/mol. The second kappa shape index (κ2) is 4.04. The van der Waals surface area contributed by atoms with Gasteiger partial charge in [0.1, 0.15) is 0 Å². The van der Waals surface area contributed by atoms with Crippen LogP contribution in [-0.2, 0) is 13.1 Å². The summed E-state index contributed by atoms with van der Waals surface area (Å²) in [7, 11) is 0. The molecule has 1 aromatic heterocycles. The molecule has 1 aliphatic rings. The molecule has 1 N–H and O–H groups in total. The van der Waals surface area contributed by atoms with Gasteiger partial charge < -0.3 is 9.88 Å². The van der Waals surface area contributed by atoms with E-state index in [-0.39, 0.29) is 0 Å². The van der Waals surface area contributed by atoms with Crippen LogP contribution in [0.1, 0.15) is 31.0 Å². The topological polar surface area (TPSA) is 17.0 Å². The normalized spacial score (nSPS) is 15.5. The molecule has 2 heterocycles. The van der Waals surface area contributed by atoms with Gasteiger partial charge in [-0.05, 0) is 17.5 Å². The highest BCUT2D eigenvalue weighted by Crippen LogP contribution is 2.36. The lowest BCUT2D eigenvalue weighted by Crippen LogP contribution is -2.28. The Balaban J connectivity index is 2.42. The molecule has 3 rings (SSSR count). The zero-order valence-corrected chi connectivity index (χ0v) is 11.0. The number of rotatable bonds is 1. The van der Waals surface area contributed by atoms with Crippen LogP contribution in [-0.4, -0.2) is 11.1 Å². The molecule has 17 heavy (non-hydrogen) atoms. The van der Waals surface area contributed by atoms with Crippen LogP contribution >= 0.6 is 11.6 Å². The lowest BCUT2D eigenvalue weighted by molar-refractivity contribution is 0.520. The molecule has 0 spiro atoms. The molecule has 90 valence electrons. The molecule has 0 radical (unpaired) electrons. The van der Waals surface area contributed by atoms with Gasteiger partial charge in [-0.25, -0.2) is 0 Å². The summed E-state index contributed by atoms with van der Waals surface area (Å²) in [5.74, 6) is 0.534. The highest BCUT2D eigenvalue weighted by molar-refractivity contribution is 6.35. The van der Waals surface area contributed by atoms with E-state index in [0.29, 0.717) is 5.92 Å². The zero-order chi connectivity index (χ0) is 12.0. The summed E-state index contributed by atoms with van der Waals surface area (Å²) in [5.41, 5.74) is 4.08. The SMILES string of the molecule is CC(C)c1c2n(c3c(Cl)cccc13)CCNC2. The van der Waals surface area contributed by atoms with Crippen LogP contribution in [0, 0.1) is 0 Å². The monoisotopic (exact) mass is 248 g/mol. The van der Waals surface area contributed by atoms with Gasteiger partial charge in [-0.2, -0.15) is 0 Å². The maximum absolute atomic E-state index is 6.37. The molecule has 0 unspecified atom stereocenters. The Morgan fingerprint density at radius 1 is 1.35 bits per heavy atom. The largest absolute Gasteiger partial charge is 0.341 e. The van der Waals surface area contributed by atoms with E-state index in [1.807, 2.05) is 6.07 Å². The molecule has 1 aromatic carbocycles. The summed E-state index contributed by atoms with van der Waals surface area (Å²) < 4.78 is 2.39. The molecule has 0 saturated carbocycles. The van der Waals surface area contributed by atoms with Crippen molar-refractivity contribution in [1.29, 1.82) is 0 Å². The molecule has 0 amide bonds. The van der Waals surface area contributed by atoms with Crippen molar-refractivity contribution in [2.75, 3.05) is 6.54 Å². The first-order chi connectivity index (χ1) is 8.20. The van der Waals surface area contributed by atoms with Crippen molar-refractivity contribution >= 4 is 22.5 Å². The van der Waals surface area contributed by atoms with Crippen molar-refractivity contribution in [1.82, 2.24) is 9.88 Å². The van der Waals surface area contributed by atoms with Crippen LogP contribution in [0.3, 0.4) is 0 Å². The highest BCUT2D eigenvalue weighted by Gasteiger charge is 2.22. The predicted molar refractivity (Wildman–Crippen MR) is 72.7 cm³/mol. The maximum Gasteiger partial charge on any atom is 0.0675 e. The Labute approximate surface area is 107 Å². The first-order valence-electron chi connectivity index (χ1n) is 6.20. The number of halogens is 1. The fourth-order valence-electron chi connectivity index (χ4n) is 2.92. The molecule has 0 aliphatic carbocycles. The summed E-state index contributed by atoms with van der Waals surface area (Å²) in [4.78, 5) is 0. The van der Waals surface area contributed by atoms with Crippen molar-refractivity contribution in [2.24, 2.45) is 0 Å². The lowest BCUT2D eigenvalue weighted by atomic mass is 9.99. The first kappa shape index (κ1) is 11.1. The van der Waals surface area contributed by atoms with Gasteiger partial charge in [0.2, 0.25) is 0 Å². The van der Waals surface area contributed by atoms with Crippen molar-refractivity contribution < 1.29 is 0 Å². The van der Waals surface area contributed by atoms with Crippen molar-refractivity contribution in [3.05, 3.63) is 34.5 Å². The fourth-order valence-corrected chi connectivity index (χ4v) is 3.20. The number of nitrogens with one attached hydrogen (secondary N) is 1. The first-order valence-corrected chi connectivity index (χ1v) is 6.58. The Morgan fingerprint density at radius 2 is 2.18 bits per heavy atom. The third kappa shape index (κ3) is 1.59. The van der Waals surface area contributed by atoms with Gasteiger partial charge in [0.15, 0.2) is 0 Å². The zero-order valence-electron chi connectivity index (χ0n) is 10.3. The van der Waals surface area contributed by atoms with E-state index >= 15 is 0 Å². The van der Waals surface area contributed by atoms with Gasteiger partial charge in [-0.1, -0.05) is 37.6 Å². The van der Waals surface area contributed by atoms with E-state index < -0.39 is 0 Å². The Kier molecular flexibility index (Phi) is 2.64. The number of hydrogen-bond acceptors (Lipinski definition) is 1. The third-order valence-corrected chi connectivity index (χ3v) is 3.87. The molecule has 0 atom stereocenters. The van der Waals surface area contributed by atoms with E-state index in [2.05, 4.69) is 35.9 Å². The van der Waals surface area contributed by atoms with Crippen molar-refractivity contribution in [3.63, 3.8) is 0 Å². The molecule has 0 fully saturated rings. The van der Waals surface area contributed by atoms with Crippen LogP contribution < -0.4 is 5.32 Å².